The van der Waals surface area contributed by atoms with E-state index in [9.17, 15) is 9.18 Å². The number of esters is 1. The van der Waals surface area contributed by atoms with Gasteiger partial charge in [0.25, 0.3) is 0 Å². The van der Waals surface area contributed by atoms with Gasteiger partial charge in [0.1, 0.15) is 0 Å². The Morgan fingerprint density at radius 2 is 2.35 bits per heavy atom. The van der Waals surface area contributed by atoms with E-state index in [1.54, 1.807) is 6.92 Å². The summed E-state index contributed by atoms with van der Waals surface area (Å²) in [5.41, 5.74) is -0.897. The van der Waals surface area contributed by atoms with Crippen LogP contribution in [0.3, 0.4) is 0 Å². The summed E-state index contributed by atoms with van der Waals surface area (Å²) in [6.45, 7) is 1.83. The van der Waals surface area contributed by atoms with Crippen LogP contribution >= 0.6 is 23.1 Å². The molecule has 1 unspecified atom stereocenters. The third kappa shape index (κ3) is 2.95. The number of ether oxygens (including phenoxy) is 1. The smallest absolute Gasteiger partial charge is 0.351 e. The van der Waals surface area contributed by atoms with Crippen molar-refractivity contribution in [1.29, 1.82) is 0 Å². The van der Waals surface area contributed by atoms with E-state index >= 15 is 0 Å². The lowest BCUT2D eigenvalue weighted by atomic mass is 10.3. The topological polar surface area (TPSA) is 39.2 Å². The molecule has 0 bridgehead atoms. The number of hydrogen-bond donors (Lipinski definition) is 0. The normalized spacial score (nSPS) is 12.6. The third-order valence-electron chi connectivity index (χ3n) is 1.95. The van der Waals surface area contributed by atoms with Crippen LogP contribution in [0.2, 0.25) is 0 Å². The molecule has 0 saturated carbocycles. The minimum Gasteiger partial charge on any atom is -0.463 e. The van der Waals surface area contributed by atoms with Gasteiger partial charge >= 0.3 is 5.97 Å². The number of carbonyl (C=O) groups is 1. The molecule has 1 atom stereocenters. The lowest BCUT2D eigenvalue weighted by molar-refractivity contribution is -0.145. The number of benzene rings is 1. The molecule has 2 aromatic rings. The number of thiazole rings is 1. The molecule has 0 fully saturated rings. The molecule has 1 heterocycles. The summed E-state index contributed by atoms with van der Waals surface area (Å²) in [5, 5.41) is 0. The fraction of sp³-hybridized carbons (Fsp3) is 0.273. The van der Waals surface area contributed by atoms with Crippen molar-refractivity contribution in [3.8, 4) is 0 Å². The number of carbonyl (C=O) groups excluding carboxylic acids is 1. The maximum absolute atomic E-state index is 13.5. The van der Waals surface area contributed by atoms with Crippen molar-refractivity contribution in [2.24, 2.45) is 0 Å². The molecule has 0 aliphatic carbocycles. The van der Waals surface area contributed by atoms with Crippen molar-refractivity contribution < 1.29 is 13.9 Å². The summed E-state index contributed by atoms with van der Waals surface area (Å²) in [5.74, 6) is -0.850. The van der Waals surface area contributed by atoms with Crippen LogP contribution in [0.5, 0.6) is 0 Å². The first-order valence-corrected chi connectivity index (χ1v) is 6.73. The van der Waals surface area contributed by atoms with Gasteiger partial charge in [0.15, 0.2) is 4.34 Å². The van der Waals surface area contributed by atoms with Crippen LogP contribution in [0, 0.1) is 0 Å². The number of hydrogen-bond acceptors (Lipinski definition) is 5. The number of para-hydroxylation sites is 1. The van der Waals surface area contributed by atoms with E-state index in [0.29, 0.717) is 4.34 Å². The van der Waals surface area contributed by atoms with Gasteiger partial charge in [-0.15, -0.1) is 11.3 Å². The van der Waals surface area contributed by atoms with Gasteiger partial charge in [0.2, 0.25) is 5.50 Å². The van der Waals surface area contributed by atoms with Crippen LogP contribution in [0.1, 0.15) is 6.92 Å². The number of halogens is 1. The Labute approximate surface area is 106 Å². The average molecular weight is 271 g/mol. The largest absolute Gasteiger partial charge is 0.463 e. The molecule has 2 rings (SSSR count). The number of alkyl halides is 1. The SMILES string of the molecule is CCOC(=O)C(F)Sc1nc2ccccc2s1. The highest BCUT2D eigenvalue weighted by Crippen LogP contribution is 2.32. The molecule has 1 aromatic carbocycles. The second-order valence-corrected chi connectivity index (χ2v) is 5.46. The van der Waals surface area contributed by atoms with Gasteiger partial charge in [-0.05, 0) is 30.8 Å². The minimum atomic E-state index is -1.71. The summed E-state index contributed by atoms with van der Waals surface area (Å²) >= 11 is 2.15. The molecular formula is C11H10FNO2S2. The second-order valence-electron chi connectivity index (χ2n) is 3.13. The van der Waals surface area contributed by atoms with Crippen LogP contribution in [-0.4, -0.2) is 23.1 Å². The standard InChI is InChI=1S/C11H10FNO2S2/c1-2-15-10(14)9(12)17-11-13-7-5-3-4-6-8(7)16-11/h3-6,9H,2H2,1H3. The van der Waals surface area contributed by atoms with Gasteiger partial charge in [-0.25, -0.2) is 14.2 Å². The van der Waals surface area contributed by atoms with Crippen molar-refractivity contribution in [3.63, 3.8) is 0 Å². The molecule has 0 amide bonds. The third-order valence-corrected chi connectivity index (χ3v) is 4.01. The van der Waals surface area contributed by atoms with Gasteiger partial charge < -0.3 is 4.74 Å². The van der Waals surface area contributed by atoms with Crippen molar-refractivity contribution >= 4 is 39.3 Å². The first kappa shape index (κ1) is 12.3. The molecule has 0 radical (unpaired) electrons. The van der Waals surface area contributed by atoms with E-state index in [2.05, 4.69) is 9.72 Å². The van der Waals surface area contributed by atoms with Crippen molar-refractivity contribution in [1.82, 2.24) is 4.98 Å². The summed E-state index contributed by atoms with van der Waals surface area (Å²) in [6.07, 6.45) is 0. The monoisotopic (exact) mass is 271 g/mol. The van der Waals surface area contributed by atoms with E-state index in [4.69, 9.17) is 0 Å². The van der Waals surface area contributed by atoms with Gasteiger partial charge in [-0.1, -0.05) is 12.1 Å². The lowest BCUT2D eigenvalue weighted by Crippen LogP contribution is -2.15. The predicted molar refractivity (Wildman–Crippen MR) is 67.0 cm³/mol. The molecule has 0 spiro atoms. The fourth-order valence-electron chi connectivity index (χ4n) is 1.25. The van der Waals surface area contributed by atoms with Crippen LogP contribution in [-0.2, 0) is 9.53 Å². The summed E-state index contributed by atoms with van der Waals surface area (Å²) in [4.78, 5) is 15.4. The Bertz CT molecular complexity index is 496. The summed E-state index contributed by atoms with van der Waals surface area (Å²) in [6, 6.07) is 7.53. The Morgan fingerprint density at radius 3 is 3.06 bits per heavy atom. The summed E-state index contributed by atoms with van der Waals surface area (Å²) < 4.78 is 19.6. The van der Waals surface area contributed by atoms with Gasteiger partial charge in [0.05, 0.1) is 16.8 Å². The molecule has 0 N–H and O–H groups in total. The maximum Gasteiger partial charge on any atom is 0.351 e. The van der Waals surface area contributed by atoms with Gasteiger partial charge in [0, 0.05) is 0 Å². The Hall–Kier alpha value is -1.14. The van der Waals surface area contributed by atoms with E-state index in [1.165, 1.54) is 11.3 Å². The predicted octanol–water partition coefficient (Wildman–Crippen LogP) is 3.25. The molecule has 6 heteroatoms. The van der Waals surface area contributed by atoms with Crippen molar-refractivity contribution in [2.45, 2.75) is 16.8 Å². The van der Waals surface area contributed by atoms with Gasteiger partial charge in [-0.2, -0.15) is 0 Å². The second kappa shape index (κ2) is 5.46. The average Bonchev–Trinajstić information content (AvgIpc) is 2.71. The number of rotatable bonds is 4. The molecule has 0 saturated heterocycles. The Morgan fingerprint density at radius 1 is 1.59 bits per heavy atom. The highest BCUT2D eigenvalue weighted by Gasteiger charge is 2.21. The van der Waals surface area contributed by atoms with Crippen molar-refractivity contribution in [2.75, 3.05) is 6.61 Å². The first-order chi connectivity index (χ1) is 8.20. The molecule has 3 nitrogen and oxygen atoms in total. The zero-order valence-electron chi connectivity index (χ0n) is 9.05. The lowest BCUT2D eigenvalue weighted by Gasteiger charge is -2.04. The van der Waals surface area contributed by atoms with E-state index in [0.717, 1.165) is 22.0 Å². The van der Waals surface area contributed by atoms with E-state index < -0.39 is 11.5 Å². The van der Waals surface area contributed by atoms with Crippen LogP contribution in [0.25, 0.3) is 10.2 Å². The highest BCUT2D eigenvalue weighted by atomic mass is 32.2. The molecular weight excluding hydrogens is 261 g/mol. The number of thioether (sulfide) groups is 1. The van der Waals surface area contributed by atoms with Crippen LogP contribution < -0.4 is 0 Å². The Balaban J connectivity index is 2.10. The Kier molecular flexibility index (Phi) is 3.96. The maximum atomic E-state index is 13.5. The quantitative estimate of drug-likeness (QED) is 0.632. The zero-order valence-corrected chi connectivity index (χ0v) is 10.7. The molecule has 0 aliphatic rings. The van der Waals surface area contributed by atoms with Crippen LogP contribution in [0.15, 0.2) is 28.6 Å². The van der Waals surface area contributed by atoms with Crippen molar-refractivity contribution in [3.05, 3.63) is 24.3 Å². The summed E-state index contributed by atoms with van der Waals surface area (Å²) in [7, 11) is 0. The number of fused-ring (bicyclic) bond motifs is 1. The minimum absolute atomic E-state index is 0.180. The number of aromatic nitrogens is 1. The number of nitrogens with zero attached hydrogens (tertiary/aromatic N) is 1. The molecule has 0 aliphatic heterocycles. The zero-order chi connectivity index (χ0) is 12.3. The first-order valence-electron chi connectivity index (χ1n) is 5.03. The van der Waals surface area contributed by atoms with Gasteiger partial charge in [-0.3, -0.25) is 0 Å². The fourth-order valence-corrected chi connectivity index (χ4v) is 3.15. The van der Waals surface area contributed by atoms with E-state index in [1.807, 2.05) is 24.3 Å². The molecule has 1 aromatic heterocycles. The van der Waals surface area contributed by atoms with Crippen LogP contribution in [0.4, 0.5) is 4.39 Å². The molecule has 90 valence electrons. The highest BCUT2D eigenvalue weighted by molar-refractivity contribution is 8.02. The molecule has 17 heavy (non-hydrogen) atoms. The van der Waals surface area contributed by atoms with E-state index in [-0.39, 0.29) is 6.61 Å².